The number of pyridine rings is 2. The van der Waals surface area contributed by atoms with Crippen LogP contribution in [-0.2, 0) is 15.8 Å². The second kappa shape index (κ2) is 10.1. The largest absolute Gasteiger partial charge is 0.353 e. The molecule has 1 aromatic carbocycles. The number of carbonyl (C=O) groups is 1. The highest BCUT2D eigenvalue weighted by atomic mass is 32.2. The summed E-state index contributed by atoms with van der Waals surface area (Å²) in [7, 11) is 1.85. The van der Waals surface area contributed by atoms with Gasteiger partial charge in [0.05, 0.1) is 35.9 Å². The average molecular weight is 485 g/mol. The monoisotopic (exact) mass is 484 g/mol. The maximum atomic E-state index is 13.2. The van der Waals surface area contributed by atoms with Gasteiger partial charge in [-0.3, -0.25) is 13.9 Å². The maximum absolute atomic E-state index is 13.2. The Kier molecular flexibility index (Phi) is 7.03. The first kappa shape index (κ1) is 23.6. The molecule has 0 saturated heterocycles. The molecular weight excluding hydrogens is 459 g/mol. The highest BCUT2D eigenvalue weighted by molar-refractivity contribution is 7.85. The first-order valence-electron chi connectivity index (χ1n) is 10.6. The Labute approximate surface area is 199 Å². The van der Waals surface area contributed by atoms with Gasteiger partial charge >= 0.3 is 0 Å². The third-order valence-electron chi connectivity index (χ3n) is 5.39. The molecule has 3 N–H and O–H groups in total. The first-order valence-corrected chi connectivity index (χ1v) is 12.1. The van der Waals surface area contributed by atoms with Crippen molar-refractivity contribution in [2.45, 2.75) is 18.8 Å². The Hall–Kier alpha value is -3.57. The zero-order valence-electron chi connectivity index (χ0n) is 19.0. The number of hydrogen-bond acceptors (Lipinski definition) is 7. The van der Waals surface area contributed by atoms with Gasteiger partial charge in [-0.15, -0.1) is 0 Å². The van der Waals surface area contributed by atoms with Crippen LogP contribution in [0.1, 0.15) is 34.7 Å². The van der Waals surface area contributed by atoms with Crippen molar-refractivity contribution >= 4 is 45.6 Å². The summed E-state index contributed by atoms with van der Waals surface area (Å²) in [6.07, 6.45) is 6.38. The van der Waals surface area contributed by atoms with Crippen LogP contribution in [0.25, 0.3) is 0 Å². The molecule has 0 aliphatic heterocycles. The van der Waals surface area contributed by atoms with Crippen molar-refractivity contribution in [2.24, 2.45) is 0 Å². The summed E-state index contributed by atoms with van der Waals surface area (Å²) < 4.78 is 27.1. The number of anilines is 5. The van der Waals surface area contributed by atoms with E-state index in [1.807, 2.05) is 18.2 Å². The molecule has 4 rings (SSSR count). The predicted octanol–water partition coefficient (Wildman–Crippen LogP) is 4.00. The zero-order valence-corrected chi connectivity index (χ0v) is 19.8. The molecule has 0 radical (unpaired) electrons. The molecular formula is C23H25FN6O3S. The van der Waals surface area contributed by atoms with Crippen LogP contribution >= 0.6 is 0 Å². The Morgan fingerprint density at radius 1 is 1.09 bits per heavy atom. The molecule has 1 aliphatic rings. The molecule has 1 saturated carbocycles. The lowest BCUT2D eigenvalue weighted by Crippen LogP contribution is -2.23. The summed E-state index contributed by atoms with van der Waals surface area (Å²) in [6, 6.07) is 10.4. The van der Waals surface area contributed by atoms with Crippen LogP contribution in [0, 0.1) is 5.82 Å². The molecule has 9 nitrogen and oxygen atoms in total. The number of amides is 1. The van der Waals surface area contributed by atoms with E-state index in [4.69, 9.17) is 4.84 Å². The molecule has 1 amide bonds. The van der Waals surface area contributed by atoms with Crippen LogP contribution in [0.3, 0.4) is 0 Å². The van der Waals surface area contributed by atoms with Crippen molar-refractivity contribution in [3.8, 4) is 0 Å². The highest BCUT2D eigenvalue weighted by Crippen LogP contribution is 2.43. The highest BCUT2D eigenvalue weighted by Gasteiger charge is 2.25. The summed E-state index contributed by atoms with van der Waals surface area (Å²) in [5.74, 6) is 0.359. The van der Waals surface area contributed by atoms with Gasteiger partial charge < -0.3 is 10.6 Å². The van der Waals surface area contributed by atoms with Crippen molar-refractivity contribution in [3.63, 3.8) is 0 Å². The number of hydrogen-bond donors (Lipinski definition) is 3. The van der Waals surface area contributed by atoms with Gasteiger partial charge in [-0.2, -0.15) is 0 Å². The minimum Gasteiger partial charge on any atom is -0.353 e. The lowest BCUT2D eigenvalue weighted by molar-refractivity contribution is 0.0538. The average Bonchev–Trinajstić information content (AvgIpc) is 3.66. The Morgan fingerprint density at radius 3 is 2.50 bits per heavy atom. The number of carbonyl (C=O) groups excluding carboxylic acids is 1. The normalized spacial score (nSPS) is 13.8. The number of nitrogens with one attached hydrogen (secondary N) is 3. The zero-order chi connectivity index (χ0) is 24.2. The van der Waals surface area contributed by atoms with Crippen LogP contribution < -0.4 is 20.4 Å². The standard InChI is InChI=1S/C23H25FN6O3S/c1-30(34(3)32)20-10-15(14-4-5-14)6-8-18(20)27-19-11-22(26-13-17(19)23(31)29-33-2)28-21-9-7-16(24)12-25-21/h6-14H,4-5H2,1-3H3,(H,29,31)(H2,25,26,27,28). The van der Waals surface area contributed by atoms with Crippen molar-refractivity contribution in [1.82, 2.24) is 15.4 Å². The topological polar surface area (TPSA) is 108 Å². The predicted molar refractivity (Wildman–Crippen MR) is 130 cm³/mol. The third kappa shape index (κ3) is 5.49. The van der Waals surface area contributed by atoms with Gasteiger partial charge in [0.15, 0.2) is 0 Å². The van der Waals surface area contributed by atoms with E-state index in [-0.39, 0.29) is 5.56 Å². The number of nitrogens with zero attached hydrogens (tertiary/aromatic N) is 3. The third-order valence-corrected chi connectivity index (χ3v) is 6.36. The van der Waals surface area contributed by atoms with Gasteiger partial charge in [-0.25, -0.2) is 24.0 Å². The molecule has 0 bridgehead atoms. The van der Waals surface area contributed by atoms with E-state index in [2.05, 4.69) is 26.1 Å². The van der Waals surface area contributed by atoms with E-state index in [0.29, 0.717) is 28.9 Å². The molecule has 1 atom stereocenters. The Bertz CT molecular complexity index is 1220. The van der Waals surface area contributed by atoms with Gasteiger partial charge in [0, 0.05) is 25.6 Å². The van der Waals surface area contributed by atoms with Gasteiger partial charge in [0.2, 0.25) is 0 Å². The summed E-state index contributed by atoms with van der Waals surface area (Å²) in [5.41, 5.74) is 5.57. The minimum atomic E-state index is -1.25. The molecule has 1 aliphatic carbocycles. The summed E-state index contributed by atoms with van der Waals surface area (Å²) >= 11 is 0. The Morgan fingerprint density at radius 2 is 1.85 bits per heavy atom. The minimum absolute atomic E-state index is 0.233. The molecule has 0 spiro atoms. The van der Waals surface area contributed by atoms with Gasteiger partial charge in [0.25, 0.3) is 5.91 Å². The maximum Gasteiger partial charge on any atom is 0.278 e. The molecule has 3 aromatic rings. The lowest BCUT2D eigenvalue weighted by Gasteiger charge is -2.22. The second-order valence-corrected chi connectivity index (χ2v) is 9.23. The van der Waals surface area contributed by atoms with Crippen LogP contribution in [0.2, 0.25) is 0 Å². The molecule has 2 heterocycles. The number of rotatable bonds is 9. The quantitative estimate of drug-likeness (QED) is 0.394. The first-order chi connectivity index (χ1) is 16.4. The van der Waals surface area contributed by atoms with Crippen LogP contribution in [0.4, 0.5) is 33.1 Å². The van der Waals surface area contributed by atoms with Gasteiger partial charge in [0.1, 0.15) is 28.4 Å². The van der Waals surface area contributed by atoms with E-state index in [9.17, 15) is 13.4 Å². The number of halogens is 1. The molecule has 178 valence electrons. The van der Waals surface area contributed by atoms with E-state index in [1.54, 1.807) is 23.7 Å². The van der Waals surface area contributed by atoms with Crippen LogP contribution in [-0.4, -0.2) is 40.5 Å². The Balaban J connectivity index is 1.71. The van der Waals surface area contributed by atoms with Crippen molar-refractivity contribution in [3.05, 3.63) is 65.7 Å². The summed E-state index contributed by atoms with van der Waals surface area (Å²) in [5, 5.41) is 6.28. The van der Waals surface area contributed by atoms with Crippen LogP contribution in [0.5, 0.6) is 0 Å². The van der Waals surface area contributed by atoms with E-state index in [0.717, 1.165) is 24.7 Å². The number of benzene rings is 1. The summed E-state index contributed by atoms with van der Waals surface area (Å²) in [6.45, 7) is 0. The SMILES string of the molecule is CONC(=O)c1cnc(Nc2ccc(F)cn2)cc1Nc1ccc(C2CC2)cc1N(C)S(C)=O. The van der Waals surface area contributed by atoms with E-state index >= 15 is 0 Å². The molecule has 2 aromatic heterocycles. The van der Waals surface area contributed by atoms with E-state index in [1.165, 1.54) is 31.0 Å². The molecule has 11 heteroatoms. The fourth-order valence-electron chi connectivity index (χ4n) is 3.41. The number of aromatic nitrogens is 2. The second-order valence-electron chi connectivity index (χ2n) is 7.83. The lowest BCUT2D eigenvalue weighted by atomic mass is 10.1. The van der Waals surface area contributed by atoms with Gasteiger partial charge in [-0.05, 0) is 48.6 Å². The molecule has 34 heavy (non-hydrogen) atoms. The van der Waals surface area contributed by atoms with Crippen LogP contribution in [0.15, 0.2) is 48.8 Å². The smallest absolute Gasteiger partial charge is 0.278 e. The van der Waals surface area contributed by atoms with Crippen molar-refractivity contribution in [2.75, 3.05) is 35.4 Å². The molecule has 1 unspecified atom stereocenters. The van der Waals surface area contributed by atoms with E-state index < -0.39 is 22.7 Å². The fraction of sp³-hybridized carbons (Fsp3) is 0.261. The molecule has 1 fully saturated rings. The van der Waals surface area contributed by atoms with Crippen molar-refractivity contribution in [1.29, 1.82) is 0 Å². The van der Waals surface area contributed by atoms with Crippen molar-refractivity contribution < 1.29 is 18.2 Å². The fourth-order valence-corrected chi connectivity index (χ4v) is 3.83. The number of hydroxylamine groups is 1. The summed E-state index contributed by atoms with van der Waals surface area (Å²) in [4.78, 5) is 25.6. The van der Waals surface area contributed by atoms with Gasteiger partial charge in [-0.1, -0.05) is 6.07 Å².